The standard InChI is InChI=1S/2C6H14O2/c1-5(2,7)6(3,4)8;1-4(2)6(8)5(3)7/h7-8H,1-4H3;4-8H,1-3H3. The minimum Gasteiger partial charge on any atom is -0.391 e. The Morgan fingerprint density at radius 2 is 1.00 bits per heavy atom. The van der Waals surface area contributed by atoms with Crippen molar-refractivity contribution in [3.05, 3.63) is 0 Å². The summed E-state index contributed by atoms with van der Waals surface area (Å²) in [5.41, 5.74) is -2.01. The highest BCUT2D eigenvalue weighted by atomic mass is 16.3. The Hall–Kier alpha value is -0.160. The largest absolute Gasteiger partial charge is 0.391 e. The van der Waals surface area contributed by atoms with Gasteiger partial charge in [-0.15, -0.1) is 0 Å². The Morgan fingerprint density at radius 3 is 1.00 bits per heavy atom. The molecule has 0 amide bonds. The van der Waals surface area contributed by atoms with E-state index in [-0.39, 0.29) is 5.92 Å². The van der Waals surface area contributed by atoms with Crippen LogP contribution in [0.25, 0.3) is 0 Å². The van der Waals surface area contributed by atoms with Crippen molar-refractivity contribution in [3.63, 3.8) is 0 Å². The molecule has 2 unspecified atom stereocenters. The maximum Gasteiger partial charge on any atom is 0.0872 e. The predicted octanol–water partition coefficient (Wildman–Crippen LogP) is 0.912. The van der Waals surface area contributed by atoms with Crippen LogP contribution in [0.5, 0.6) is 0 Å². The van der Waals surface area contributed by atoms with Crippen molar-refractivity contribution >= 4 is 0 Å². The minimum atomic E-state index is -1.01. The molecule has 0 spiro atoms. The monoisotopic (exact) mass is 236 g/mol. The highest BCUT2D eigenvalue weighted by Crippen LogP contribution is 2.19. The van der Waals surface area contributed by atoms with E-state index in [2.05, 4.69) is 0 Å². The first kappa shape index (κ1) is 18.2. The lowest BCUT2D eigenvalue weighted by Gasteiger charge is -2.31. The minimum absolute atomic E-state index is 0.148. The quantitative estimate of drug-likeness (QED) is 0.587. The Morgan fingerprint density at radius 1 is 0.750 bits per heavy atom. The van der Waals surface area contributed by atoms with Crippen LogP contribution in [-0.4, -0.2) is 43.8 Å². The molecule has 0 aliphatic heterocycles. The van der Waals surface area contributed by atoms with Crippen molar-refractivity contribution in [1.29, 1.82) is 0 Å². The van der Waals surface area contributed by atoms with Gasteiger partial charge in [-0.1, -0.05) is 13.8 Å². The molecule has 0 aliphatic rings. The van der Waals surface area contributed by atoms with Crippen molar-refractivity contribution in [2.75, 3.05) is 0 Å². The SMILES string of the molecule is CC(C)(O)C(C)(C)O.CC(C)C(O)C(C)O. The third-order valence-corrected chi connectivity index (χ3v) is 2.67. The zero-order valence-corrected chi connectivity index (χ0v) is 11.5. The van der Waals surface area contributed by atoms with Gasteiger partial charge in [0.15, 0.2) is 0 Å². The molecule has 0 radical (unpaired) electrons. The van der Waals surface area contributed by atoms with Gasteiger partial charge >= 0.3 is 0 Å². The van der Waals surface area contributed by atoms with Crippen LogP contribution in [0.3, 0.4) is 0 Å². The summed E-state index contributed by atoms with van der Waals surface area (Å²) in [6.07, 6.45) is -1.18. The van der Waals surface area contributed by atoms with Crippen LogP contribution in [0.4, 0.5) is 0 Å². The predicted molar refractivity (Wildman–Crippen MR) is 65.1 cm³/mol. The van der Waals surface area contributed by atoms with E-state index < -0.39 is 23.4 Å². The maximum absolute atomic E-state index is 9.10. The fraction of sp³-hybridized carbons (Fsp3) is 1.00. The van der Waals surface area contributed by atoms with Crippen LogP contribution in [0.1, 0.15) is 48.5 Å². The first-order valence-corrected chi connectivity index (χ1v) is 5.61. The van der Waals surface area contributed by atoms with Crippen molar-refractivity contribution in [2.45, 2.75) is 71.9 Å². The molecule has 4 N–H and O–H groups in total. The van der Waals surface area contributed by atoms with E-state index in [0.717, 1.165) is 0 Å². The summed E-state index contributed by atoms with van der Waals surface area (Å²) in [6.45, 7) is 11.6. The molecule has 4 nitrogen and oxygen atoms in total. The molecule has 0 heterocycles. The van der Waals surface area contributed by atoms with Crippen molar-refractivity contribution < 1.29 is 20.4 Å². The maximum atomic E-state index is 9.10. The van der Waals surface area contributed by atoms with Gasteiger partial charge in [0.25, 0.3) is 0 Å². The molecule has 100 valence electrons. The molecular weight excluding hydrogens is 208 g/mol. The average Bonchev–Trinajstić information content (AvgIpc) is 1.99. The van der Waals surface area contributed by atoms with Gasteiger partial charge in [-0.2, -0.15) is 0 Å². The van der Waals surface area contributed by atoms with Crippen LogP contribution in [0.2, 0.25) is 0 Å². The Labute approximate surface area is 98.9 Å². The van der Waals surface area contributed by atoms with Gasteiger partial charge in [-0.3, -0.25) is 0 Å². The van der Waals surface area contributed by atoms with E-state index in [1.165, 1.54) is 0 Å². The lowest BCUT2D eigenvalue weighted by Crippen LogP contribution is -2.44. The number of rotatable bonds is 3. The van der Waals surface area contributed by atoms with Crippen LogP contribution in [-0.2, 0) is 0 Å². The number of aliphatic hydroxyl groups excluding tert-OH is 2. The Bertz CT molecular complexity index is 154. The molecule has 16 heavy (non-hydrogen) atoms. The van der Waals surface area contributed by atoms with Crippen molar-refractivity contribution in [2.24, 2.45) is 5.92 Å². The molecule has 4 heteroatoms. The number of hydrogen-bond acceptors (Lipinski definition) is 4. The number of aliphatic hydroxyl groups is 4. The smallest absolute Gasteiger partial charge is 0.0872 e. The molecule has 0 aliphatic carbocycles. The topological polar surface area (TPSA) is 80.9 Å². The molecule has 0 aromatic heterocycles. The van der Waals surface area contributed by atoms with Gasteiger partial charge < -0.3 is 20.4 Å². The highest BCUT2D eigenvalue weighted by Gasteiger charge is 2.31. The number of hydrogen-bond donors (Lipinski definition) is 4. The zero-order valence-electron chi connectivity index (χ0n) is 11.5. The van der Waals surface area contributed by atoms with Gasteiger partial charge in [0.2, 0.25) is 0 Å². The second-order valence-electron chi connectivity index (χ2n) is 5.59. The lowest BCUT2D eigenvalue weighted by atomic mass is 9.90. The van der Waals surface area contributed by atoms with Crippen LogP contribution in [0.15, 0.2) is 0 Å². The molecule has 0 saturated carbocycles. The molecule has 0 bridgehead atoms. The van der Waals surface area contributed by atoms with Crippen LogP contribution in [0, 0.1) is 5.92 Å². The van der Waals surface area contributed by atoms with Gasteiger partial charge in [0.05, 0.1) is 23.4 Å². The molecule has 0 fully saturated rings. The molecule has 2 atom stereocenters. The summed E-state index contributed by atoms with van der Waals surface area (Å²) >= 11 is 0. The average molecular weight is 236 g/mol. The normalized spacial score (nSPS) is 16.5. The van der Waals surface area contributed by atoms with E-state index >= 15 is 0 Å². The fourth-order valence-corrected chi connectivity index (χ4v) is 0.557. The first-order valence-electron chi connectivity index (χ1n) is 5.61. The van der Waals surface area contributed by atoms with Crippen molar-refractivity contribution in [1.82, 2.24) is 0 Å². The van der Waals surface area contributed by atoms with Gasteiger partial charge in [0, 0.05) is 0 Å². The van der Waals surface area contributed by atoms with E-state index in [1.807, 2.05) is 13.8 Å². The fourth-order valence-electron chi connectivity index (χ4n) is 0.557. The summed E-state index contributed by atoms with van der Waals surface area (Å²) < 4.78 is 0. The highest BCUT2D eigenvalue weighted by molar-refractivity contribution is 4.84. The third kappa shape index (κ3) is 8.05. The molecule has 0 saturated heterocycles. The first-order chi connectivity index (χ1) is 6.80. The summed E-state index contributed by atoms with van der Waals surface area (Å²) in [5, 5.41) is 35.9. The van der Waals surface area contributed by atoms with E-state index in [1.54, 1.807) is 34.6 Å². The molecule has 0 aromatic rings. The summed E-state index contributed by atoms with van der Waals surface area (Å²) in [6, 6.07) is 0. The second-order valence-corrected chi connectivity index (χ2v) is 5.59. The van der Waals surface area contributed by atoms with Gasteiger partial charge in [-0.25, -0.2) is 0 Å². The van der Waals surface area contributed by atoms with Gasteiger partial charge in [-0.05, 0) is 40.5 Å². The summed E-state index contributed by atoms with van der Waals surface area (Å²) in [4.78, 5) is 0. The summed E-state index contributed by atoms with van der Waals surface area (Å²) in [7, 11) is 0. The van der Waals surface area contributed by atoms with E-state index in [9.17, 15) is 0 Å². The van der Waals surface area contributed by atoms with Gasteiger partial charge in [0.1, 0.15) is 0 Å². The lowest BCUT2D eigenvalue weighted by molar-refractivity contribution is -0.107. The zero-order chi connectivity index (χ0) is 13.7. The molecule has 0 rings (SSSR count). The summed E-state index contributed by atoms with van der Waals surface area (Å²) in [5.74, 6) is 0.148. The molecular formula is C12H28O4. The van der Waals surface area contributed by atoms with Crippen LogP contribution < -0.4 is 0 Å². The second kappa shape index (κ2) is 6.55. The third-order valence-electron chi connectivity index (χ3n) is 2.67. The van der Waals surface area contributed by atoms with E-state index in [4.69, 9.17) is 20.4 Å². The van der Waals surface area contributed by atoms with Crippen molar-refractivity contribution in [3.8, 4) is 0 Å². The molecule has 0 aromatic carbocycles. The Kier molecular flexibility index (Phi) is 7.45. The van der Waals surface area contributed by atoms with E-state index in [0.29, 0.717) is 0 Å². The Balaban J connectivity index is 0. The van der Waals surface area contributed by atoms with Crippen LogP contribution >= 0.6 is 0 Å².